The number of benzene rings is 2. The van der Waals surface area contributed by atoms with Crippen molar-refractivity contribution in [2.75, 3.05) is 63.7 Å². The maximum absolute atomic E-state index is 12.6. The Morgan fingerprint density at radius 3 is 2.47 bits per heavy atom. The Balaban J connectivity index is 1.43. The number of carbonyl (C=O) groups is 1. The van der Waals surface area contributed by atoms with E-state index in [0.29, 0.717) is 37.0 Å². The molecule has 3 rings (SSSR count). The number of amides is 1. The van der Waals surface area contributed by atoms with Gasteiger partial charge in [0.05, 0.1) is 13.7 Å². The number of nitrogens with one attached hydrogen (secondary N) is 2. The molecule has 8 heteroatoms. The lowest BCUT2D eigenvalue weighted by Gasteiger charge is -2.36. The molecule has 1 fully saturated rings. The standard InChI is InChI=1S/C24H33N5O3/c1-4-32-21-11-10-19(18-22(21)31-3)27-24(25-2)26-13-12-23(30)29-16-14-28(15-17-29)20-8-6-5-7-9-20/h5-11,18H,4,12-17H2,1-3H3,(H2,25,26,27). The van der Waals surface area contributed by atoms with Gasteiger partial charge in [-0.05, 0) is 31.2 Å². The van der Waals surface area contributed by atoms with E-state index in [1.165, 1.54) is 5.69 Å². The number of nitrogens with zero attached hydrogens (tertiary/aromatic N) is 3. The predicted molar refractivity (Wildman–Crippen MR) is 129 cm³/mol. The minimum atomic E-state index is 0.156. The van der Waals surface area contributed by atoms with Crippen molar-refractivity contribution in [1.29, 1.82) is 0 Å². The number of rotatable bonds is 8. The van der Waals surface area contributed by atoms with E-state index in [0.717, 1.165) is 31.9 Å². The van der Waals surface area contributed by atoms with Crippen LogP contribution in [-0.2, 0) is 4.79 Å². The van der Waals surface area contributed by atoms with Gasteiger partial charge in [0.2, 0.25) is 5.91 Å². The number of methoxy groups -OCH3 is 1. The van der Waals surface area contributed by atoms with Crippen LogP contribution < -0.4 is 25.0 Å². The quantitative estimate of drug-likeness (QED) is 0.487. The van der Waals surface area contributed by atoms with E-state index < -0.39 is 0 Å². The van der Waals surface area contributed by atoms with Gasteiger partial charge in [0.25, 0.3) is 0 Å². The molecule has 1 amide bonds. The first-order valence-electron chi connectivity index (χ1n) is 11.0. The van der Waals surface area contributed by atoms with Crippen LogP contribution in [0.25, 0.3) is 0 Å². The fourth-order valence-electron chi connectivity index (χ4n) is 3.63. The minimum absolute atomic E-state index is 0.156. The summed E-state index contributed by atoms with van der Waals surface area (Å²) in [5, 5.41) is 6.43. The van der Waals surface area contributed by atoms with Gasteiger partial charge < -0.3 is 29.9 Å². The van der Waals surface area contributed by atoms with E-state index in [9.17, 15) is 4.79 Å². The molecule has 0 saturated carbocycles. The molecule has 0 aliphatic carbocycles. The van der Waals surface area contributed by atoms with E-state index in [1.54, 1.807) is 14.2 Å². The Hall–Kier alpha value is -3.42. The van der Waals surface area contributed by atoms with Crippen molar-refractivity contribution in [3.05, 3.63) is 48.5 Å². The molecule has 2 aromatic carbocycles. The predicted octanol–water partition coefficient (Wildman–Crippen LogP) is 2.82. The number of aliphatic imine (C=N–C) groups is 1. The van der Waals surface area contributed by atoms with Gasteiger partial charge in [0, 0.05) is 63.6 Å². The van der Waals surface area contributed by atoms with E-state index in [4.69, 9.17) is 9.47 Å². The summed E-state index contributed by atoms with van der Waals surface area (Å²) >= 11 is 0. The summed E-state index contributed by atoms with van der Waals surface area (Å²) in [7, 11) is 3.31. The smallest absolute Gasteiger partial charge is 0.224 e. The van der Waals surface area contributed by atoms with E-state index in [2.05, 4.69) is 32.7 Å². The van der Waals surface area contributed by atoms with Crippen LogP contribution in [0.2, 0.25) is 0 Å². The molecule has 1 saturated heterocycles. The third-order valence-corrected chi connectivity index (χ3v) is 5.33. The Labute approximate surface area is 190 Å². The maximum Gasteiger partial charge on any atom is 0.224 e. The average molecular weight is 440 g/mol. The summed E-state index contributed by atoms with van der Waals surface area (Å²) in [5.74, 6) is 2.10. The van der Waals surface area contributed by atoms with Crippen molar-refractivity contribution in [2.45, 2.75) is 13.3 Å². The van der Waals surface area contributed by atoms with E-state index >= 15 is 0 Å². The molecule has 1 aliphatic rings. The van der Waals surface area contributed by atoms with Crippen molar-refractivity contribution in [2.24, 2.45) is 4.99 Å². The Morgan fingerprint density at radius 2 is 1.81 bits per heavy atom. The first kappa shape index (κ1) is 23.2. The van der Waals surface area contributed by atoms with Crippen LogP contribution in [-0.4, -0.2) is 70.3 Å². The molecule has 0 atom stereocenters. The number of guanidine groups is 1. The fraction of sp³-hybridized carbons (Fsp3) is 0.417. The second-order valence-corrected chi connectivity index (χ2v) is 7.38. The number of para-hydroxylation sites is 1. The first-order chi connectivity index (χ1) is 15.6. The van der Waals surface area contributed by atoms with Gasteiger partial charge in [-0.3, -0.25) is 9.79 Å². The highest BCUT2D eigenvalue weighted by Crippen LogP contribution is 2.30. The molecule has 172 valence electrons. The zero-order valence-corrected chi connectivity index (χ0v) is 19.1. The molecule has 2 N–H and O–H groups in total. The molecule has 1 heterocycles. The minimum Gasteiger partial charge on any atom is -0.493 e. The lowest BCUT2D eigenvalue weighted by molar-refractivity contribution is -0.131. The van der Waals surface area contributed by atoms with Crippen LogP contribution in [0.15, 0.2) is 53.5 Å². The van der Waals surface area contributed by atoms with Crippen LogP contribution in [0.3, 0.4) is 0 Å². The summed E-state index contributed by atoms with van der Waals surface area (Å²) in [4.78, 5) is 21.1. The third kappa shape index (κ3) is 6.29. The zero-order chi connectivity index (χ0) is 22.8. The van der Waals surface area contributed by atoms with E-state index in [1.807, 2.05) is 48.2 Å². The van der Waals surface area contributed by atoms with Crippen LogP contribution >= 0.6 is 0 Å². The molecule has 0 radical (unpaired) electrons. The molecule has 0 aromatic heterocycles. The highest BCUT2D eigenvalue weighted by Gasteiger charge is 2.21. The summed E-state index contributed by atoms with van der Waals surface area (Å²) in [5.41, 5.74) is 2.03. The Kier molecular flexibility index (Phi) is 8.60. The largest absolute Gasteiger partial charge is 0.493 e. The fourth-order valence-corrected chi connectivity index (χ4v) is 3.63. The van der Waals surface area contributed by atoms with Crippen LogP contribution in [0.4, 0.5) is 11.4 Å². The van der Waals surface area contributed by atoms with Crippen LogP contribution in [0, 0.1) is 0 Å². The molecular formula is C24H33N5O3. The van der Waals surface area contributed by atoms with Gasteiger partial charge in [-0.2, -0.15) is 0 Å². The van der Waals surface area contributed by atoms with Gasteiger partial charge in [-0.25, -0.2) is 0 Å². The number of hydrogen-bond donors (Lipinski definition) is 2. The number of carbonyl (C=O) groups excluding carboxylic acids is 1. The van der Waals surface area contributed by atoms with Crippen LogP contribution in [0.1, 0.15) is 13.3 Å². The molecule has 0 unspecified atom stereocenters. The van der Waals surface area contributed by atoms with Crippen molar-refractivity contribution in [3.63, 3.8) is 0 Å². The monoisotopic (exact) mass is 439 g/mol. The second kappa shape index (κ2) is 11.8. The summed E-state index contributed by atoms with van der Waals surface area (Å²) in [6, 6.07) is 15.9. The maximum atomic E-state index is 12.6. The number of ether oxygens (including phenoxy) is 2. The third-order valence-electron chi connectivity index (χ3n) is 5.33. The van der Waals surface area contributed by atoms with Crippen molar-refractivity contribution >= 4 is 23.2 Å². The lowest BCUT2D eigenvalue weighted by atomic mass is 10.2. The van der Waals surface area contributed by atoms with Crippen molar-refractivity contribution in [3.8, 4) is 11.5 Å². The van der Waals surface area contributed by atoms with Gasteiger partial charge in [0.1, 0.15) is 0 Å². The Morgan fingerprint density at radius 1 is 1.06 bits per heavy atom. The average Bonchev–Trinajstić information content (AvgIpc) is 2.85. The van der Waals surface area contributed by atoms with E-state index in [-0.39, 0.29) is 5.91 Å². The Bertz CT molecular complexity index is 896. The highest BCUT2D eigenvalue weighted by molar-refractivity contribution is 5.94. The number of piperazine rings is 1. The lowest BCUT2D eigenvalue weighted by Crippen LogP contribution is -2.49. The van der Waals surface area contributed by atoms with Gasteiger partial charge in [-0.1, -0.05) is 18.2 Å². The molecule has 32 heavy (non-hydrogen) atoms. The molecule has 8 nitrogen and oxygen atoms in total. The van der Waals surface area contributed by atoms with Crippen LogP contribution in [0.5, 0.6) is 11.5 Å². The number of anilines is 2. The summed E-state index contributed by atoms with van der Waals surface area (Å²) < 4.78 is 10.9. The highest BCUT2D eigenvalue weighted by atomic mass is 16.5. The van der Waals surface area contributed by atoms with Crippen molar-refractivity contribution in [1.82, 2.24) is 10.2 Å². The molecule has 2 aromatic rings. The second-order valence-electron chi connectivity index (χ2n) is 7.38. The van der Waals surface area contributed by atoms with Gasteiger partial charge >= 0.3 is 0 Å². The molecule has 1 aliphatic heterocycles. The zero-order valence-electron chi connectivity index (χ0n) is 19.1. The topological polar surface area (TPSA) is 78.4 Å². The normalized spacial score (nSPS) is 14.2. The SMILES string of the molecule is CCOc1ccc(NC(=NC)NCCC(=O)N2CCN(c3ccccc3)CC2)cc1OC. The number of hydrogen-bond acceptors (Lipinski definition) is 5. The molecular weight excluding hydrogens is 406 g/mol. The molecule has 0 bridgehead atoms. The summed E-state index contributed by atoms with van der Waals surface area (Å²) in [6.45, 7) is 6.20. The van der Waals surface area contributed by atoms with Gasteiger partial charge in [0.15, 0.2) is 17.5 Å². The van der Waals surface area contributed by atoms with Gasteiger partial charge in [-0.15, -0.1) is 0 Å². The van der Waals surface area contributed by atoms with Crippen molar-refractivity contribution < 1.29 is 14.3 Å². The molecule has 0 spiro atoms. The summed E-state index contributed by atoms with van der Waals surface area (Å²) in [6.07, 6.45) is 0.415. The first-order valence-corrected chi connectivity index (χ1v) is 11.0.